The zero-order valence-corrected chi connectivity index (χ0v) is 29.6. The molecular formula is C44H46N4O. The number of aromatic nitrogens is 4. The highest BCUT2D eigenvalue weighted by Crippen LogP contribution is 2.38. The van der Waals surface area contributed by atoms with Crippen molar-refractivity contribution in [3.8, 4) is 34.1 Å². The maximum atomic E-state index is 6.60. The van der Waals surface area contributed by atoms with Crippen LogP contribution in [0.25, 0.3) is 44.4 Å². The lowest BCUT2D eigenvalue weighted by molar-refractivity contribution is 0.482. The Hall–Kier alpha value is -5.16. The van der Waals surface area contributed by atoms with E-state index in [4.69, 9.17) is 14.8 Å². The number of fused-ring (bicyclic) bond motifs is 3. The van der Waals surface area contributed by atoms with E-state index in [-0.39, 0.29) is 0 Å². The van der Waals surface area contributed by atoms with Crippen molar-refractivity contribution < 1.29 is 4.74 Å². The molecule has 0 amide bonds. The van der Waals surface area contributed by atoms with Crippen molar-refractivity contribution in [1.29, 1.82) is 0 Å². The van der Waals surface area contributed by atoms with Crippen LogP contribution in [0.3, 0.4) is 0 Å². The number of aryl methyl sites for hydroxylation is 2. The fourth-order valence-corrected chi connectivity index (χ4v) is 7.05. The molecule has 7 aromatic rings. The second kappa shape index (κ2) is 13.8. The number of hydrogen-bond donors (Lipinski definition) is 0. The Bertz CT molecular complexity index is 2240. The maximum Gasteiger partial charge on any atom is 0.137 e. The number of hydrogen-bond acceptors (Lipinski definition) is 3. The standard InChI is InChI=1S/C44H46N4O/c1-7-8-10-14-33-23-24-45-43(25-33)47-41-22-19-35(30(4)29(2)3)26-40(41)39-21-20-38(28-42(39)47)49-37-18-13-17-36(27-37)48-32(6)44(31(5)46-48)34-15-11-9-12-16-34/h9,11-13,15-30H,7-8,10,14H2,1-6H3. The third-order valence-electron chi connectivity index (χ3n) is 10.0. The molecule has 0 aliphatic heterocycles. The molecule has 0 spiro atoms. The highest BCUT2D eigenvalue weighted by atomic mass is 16.5. The van der Waals surface area contributed by atoms with E-state index in [0.717, 1.165) is 51.8 Å². The maximum absolute atomic E-state index is 6.60. The van der Waals surface area contributed by atoms with Crippen LogP contribution >= 0.6 is 0 Å². The molecule has 7 rings (SSSR count). The summed E-state index contributed by atoms with van der Waals surface area (Å²) in [6, 6.07) is 36.5. The lowest BCUT2D eigenvalue weighted by Crippen LogP contribution is -2.02. The number of benzene rings is 4. The Morgan fingerprint density at radius 1 is 0.735 bits per heavy atom. The molecule has 0 saturated carbocycles. The molecule has 49 heavy (non-hydrogen) atoms. The summed E-state index contributed by atoms with van der Waals surface area (Å²) in [5.74, 6) is 3.50. The molecule has 0 aliphatic carbocycles. The van der Waals surface area contributed by atoms with Gasteiger partial charge in [0.25, 0.3) is 0 Å². The highest BCUT2D eigenvalue weighted by molar-refractivity contribution is 6.09. The summed E-state index contributed by atoms with van der Waals surface area (Å²) in [6.07, 6.45) is 6.65. The average Bonchev–Trinajstić information content (AvgIpc) is 3.60. The van der Waals surface area contributed by atoms with Crippen molar-refractivity contribution in [1.82, 2.24) is 19.3 Å². The van der Waals surface area contributed by atoms with Crippen LogP contribution in [0.1, 0.15) is 75.4 Å². The lowest BCUT2D eigenvalue weighted by atomic mass is 9.89. The van der Waals surface area contributed by atoms with Crippen LogP contribution in [-0.4, -0.2) is 19.3 Å². The summed E-state index contributed by atoms with van der Waals surface area (Å²) in [6.45, 7) is 13.4. The Morgan fingerprint density at radius 2 is 1.55 bits per heavy atom. The van der Waals surface area contributed by atoms with Gasteiger partial charge in [0.05, 0.1) is 22.4 Å². The van der Waals surface area contributed by atoms with Crippen LogP contribution < -0.4 is 4.74 Å². The summed E-state index contributed by atoms with van der Waals surface area (Å²) in [5.41, 5.74) is 10.3. The first-order chi connectivity index (χ1) is 23.8. The van der Waals surface area contributed by atoms with E-state index in [1.54, 1.807) is 0 Å². The van der Waals surface area contributed by atoms with Gasteiger partial charge < -0.3 is 4.74 Å². The molecule has 0 N–H and O–H groups in total. The highest BCUT2D eigenvalue weighted by Gasteiger charge is 2.19. The summed E-state index contributed by atoms with van der Waals surface area (Å²) in [4.78, 5) is 4.91. The van der Waals surface area contributed by atoms with Crippen molar-refractivity contribution in [3.63, 3.8) is 0 Å². The van der Waals surface area contributed by atoms with E-state index < -0.39 is 0 Å². The number of unbranched alkanes of at least 4 members (excludes halogenated alkanes) is 2. The van der Waals surface area contributed by atoms with Gasteiger partial charge in [-0.3, -0.25) is 4.57 Å². The minimum atomic E-state index is 0.462. The van der Waals surface area contributed by atoms with Crippen LogP contribution in [0.2, 0.25) is 0 Å². The van der Waals surface area contributed by atoms with Crippen molar-refractivity contribution in [2.45, 2.75) is 73.1 Å². The third kappa shape index (κ3) is 6.38. The van der Waals surface area contributed by atoms with Gasteiger partial charge in [0.2, 0.25) is 0 Å². The van der Waals surface area contributed by atoms with Gasteiger partial charge in [-0.1, -0.05) is 83.0 Å². The molecule has 0 saturated heterocycles. The minimum Gasteiger partial charge on any atom is -0.457 e. The zero-order chi connectivity index (χ0) is 34.1. The molecule has 1 unspecified atom stereocenters. The Morgan fingerprint density at radius 3 is 2.35 bits per heavy atom. The van der Waals surface area contributed by atoms with E-state index in [1.807, 2.05) is 29.1 Å². The number of pyridine rings is 1. The molecule has 0 radical (unpaired) electrons. The summed E-state index contributed by atoms with van der Waals surface area (Å²) >= 11 is 0. The Balaban J connectivity index is 1.29. The van der Waals surface area contributed by atoms with Gasteiger partial charge >= 0.3 is 0 Å². The second-order valence-electron chi connectivity index (χ2n) is 13.7. The molecule has 1 atom stereocenters. The lowest BCUT2D eigenvalue weighted by Gasteiger charge is -2.16. The normalized spacial score (nSPS) is 12.3. The quantitative estimate of drug-likeness (QED) is 0.131. The van der Waals surface area contributed by atoms with Crippen molar-refractivity contribution >= 4 is 21.8 Å². The van der Waals surface area contributed by atoms with Crippen LogP contribution in [0.5, 0.6) is 11.5 Å². The van der Waals surface area contributed by atoms with Gasteiger partial charge in [-0.2, -0.15) is 5.10 Å². The second-order valence-corrected chi connectivity index (χ2v) is 13.7. The first-order valence-electron chi connectivity index (χ1n) is 17.8. The minimum absolute atomic E-state index is 0.462. The average molecular weight is 647 g/mol. The summed E-state index contributed by atoms with van der Waals surface area (Å²) in [5, 5.41) is 7.37. The fourth-order valence-electron chi connectivity index (χ4n) is 7.05. The fraction of sp³-hybridized carbons (Fsp3) is 0.273. The SMILES string of the molecule is CCCCCc1ccnc(-n2c3ccc(C(C)C(C)C)cc3c3ccc(Oc4cccc(-n5nc(C)c(-c6ccccc6)c5C)c4)cc32)c1. The van der Waals surface area contributed by atoms with E-state index in [0.29, 0.717) is 11.8 Å². The van der Waals surface area contributed by atoms with Crippen molar-refractivity contribution in [2.24, 2.45) is 5.92 Å². The molecule has 248 valence electrons. The van der Waals surface area contributed by atoms with Gasteiger partial charge in [0.1, 0.15) is 17.3 Å². The first kappa shape index (κ1) is 32.4. The van der Waals surface area contributed by atoms with Crippen molar-refractivity contribution in [3.05, 3.63) is 132 Å². The smallest absolute Gasteiger partial charge is 0.137 e. The summed E-state index contributed by atoms with van der Waals surface area (Å²) < 4.78 is 10.9. The number of ether oxygens (including phenoxy) is 1. The largest absolute Gasteiger partial charge is 0.457 e. The van der Waals surface area contributed by atoms with E-state index in [2.05, 4.69) is 131 Å². The first-order valence-corrected chi connectivity index (χ1v) is 17.8. The third-order valence-corrected chi connectivity index (χ3v) is 10.0. The van der Waals surface area contributed by atoms with Gasteiger partial charge in [0.15, 0.2) is 0 Å². The van der Waals surface area contributed by atoms with E-state index >= 15 is 0 Å². The van der Waals surface area contributed by atoms with E-state index in [1.165, 1.54) is 52.3 Å². The molecule has 3 heterocycles. The molecule has 5 nitrogen and oxygen atoms in total. The van der Waals surface area contributed by atoms with Crippen LogP contribution in [0.4, 0.5) is 0 Å². The van der Waals surface area contributed by atoms with Crippen molar-refractivity contribution in [2.75, 3.05) is 0 Å². The predicted molar refractivity (Wildman–Crippen MR) is 204 cm³/mol. The van der Waals surface area contributed by atoms with Crippen LogP contribution in [0, 0.1) is 19.8 Å². The Kier molecular flexibility index (Phi) is 9.09. The van der Waals surface area contributed by atoms with Gasteiger partial charge in [-0.15, -0.1) is 0 Å². The molecule has 4 aromatic carbocycles. The van der Waals surface area contributed by atoms with E-state index in [9.17, 15) is 0 Å². The molecular weight excluding hydrogens is 601 g/mol. The molecule has 5 heteroatoms. The molecule has 0 aliphatic rings. The topological polar surface area (TPSA) is 44.9 Å². The number of rotatable bonds is 11. The zero-order valence-electron chi connectivity index (χ0n) is 29.6. The molecule has 3 aromatic heterocycles. The van der Waals surface area contributed by atoms with Gasteiger partial charge in [-0.05, 0) is 104 Å². The summed E-state index contributed by atoms with van der Waals surface area (Å²) in [7, 11) is 0. The predicted octanol–water partition coefficient (Wildman–Crippen LogP) is 11.9. The number of nitrogens with zero attached hydrogens (tertiary/aromatic N) is 4. The molecule has 0 bridgehead atoms. The van der Waals surface area contributed by atoms with Gasteiger partial charge in [-0.25, -0.2) is 9.67 Å². The van der Waals surface area contributed by atoms with Gasteiger partial charge in [0, 0.05) is 40.4 Å². The Labute approximate surface area is 290 Å². The molecule has 0 fully saturated rings. The van der Waals surface area contributed by atoms with Crippen LogP contribution in [0.15, 0.2) is 109 Å². The van der Waals surface area contributed by atoms with Crippen LogP contribution in [-0.2, 0) is 6.42 Å². The monoisotopic (exact) mass is 646 g/mol.